The highest BCUT2D eigenvalue weighted by atomic mass is 28.4. The van der Waals surface area contributed by atoms with Crippen molar-refractivity contribution in [1.82, 2.24) is 0 Å². The summed E-state index contributed by atoms with van der Waals surface area (Å²) in [5.41, 5.74) is 0. The third-order valence-corrected chi connectivity index (χ3v) is 13.4. The van der Waals surface area contributed by atoms with Crippen molar-refractivity contribution in [3.05, 3.63) is 60.7 Å². The zero-order valence-electron chi connectivity index (χ0n) is 24.5. The normalized spacial score (nSPS) is 23.8. The van der Waals surface area contributed by atoms with E-state index >= 15 is 0 Å². The number of aliphatic hydroxyl groups excluding tert-OH is 1. The highest BCUT2D eigenvalue weighted by molar-refractivity contribution is 6.99. The molecule has 0 saturated carbocycles. The lowest BCUT2D eigenvalue weighted by molar-refractivity contribution is -0.288. The van der Waals surface area contributed by atoms with Gasteiger partial charge in [0.05, 0.1) is 18.8 Å². The standard InChI is InChI=1S/C33H48O4Si/c1-8-9-20-30(34)26(2)21-23-33(35-7)24-22-27(3)31(37-33)25-36-38(32(4,5)6,28-16-12-10-13-17-28)29-18-14-11-15-19-29/h10-19,26-27,30-31,34H,20-25H2,1-7H3/t26-,27-,30+,31-,33+/m0/s1. The second-order valence-corrected chi connectivity index (χ2v) is 16.3. The van der Waals surface area contributed by atoms with Gasteiger partial charge in [-0.2, -0.15) is 0 Å². The van der Waals surface area contributed by atoms with E-state index in [9.17, 15) is 5.11 Å². The third-order valence-electron chi connectivity index (χ3n) is 8.36. The predicted octanol–water partition coefficient (Wildman–Crippen LogP) is 5.91. The van der Waals surface area contributed by atoms with Gasteiger partial charge < -0.3 is 19.0 Å². The molecule has 1 aliphatic heterocycles. The number of ether oxygens (including phenoxy) is 2. The van der Waals surface area contributed by atoms with E-state index in [0.29, 0.717) is 18.9 Å². The van der Waals surface area contributed by atoms with Crippen molar-refractivity contribution in [2.45, 2.75) is 96.7 Å². The molecule has 208 valence electrons. The van der Waals surface area contributed by atoms with E-state index in [2.05, 4.69) is 107 Å². The summed E-state index contributed by atoms with van der Waals surface area (Å²) in [7, 11) is -0.901. The van der Waals surface area contributed by atoms with Gasteiger partial charge in [-0.05, 0) is 47.0 Å². The van der Waals surface area contributed by atoms with Crippen LogP contribution in [0.4, 0.5) is 0 Å². The summed E-state index contributed by atoms with van der Waals surface area (Å²) < 4.78 is 20.1. The lowest BCUT2D eigenvalue weighted by atomic mass is 9.87. The molecule has 1 heterocycles. The number of benzene rings is 2. The van der Waals surface area contributed by atoms with E-state index in [-0.39, 0.29) is 17.1 Å². The Morgan fingerprint density at radius 1 is 1.08 bits per heavy atom. The Labute approximate surface area is 232 Å². The summed E-state index contributed by atoms with van der Waals surface area (Å²) in [5.74, 6) is 5.70. The van der Waals surface area contributed by atoms with E-state index < -0.39 is 20.2 Å². The average molecular weight is 537 g/mol. The molecule has 2 aromatic carbocycles. The van der Waals surface area contributed by atoms with Crippen molar-refractivity contribution in [2.24, 2.45) is 11.8 Å². The molecule has 0 spiro atoms. The van der Waals surface area contributed by atoms with Crippen molar-refractivity contribution in [3.8, 4) is 11.8 Å². The second kappa shape index (κ2) is 13.4. The zero-order valence-corrected chi connectivity index (χ0v) is 25.5. The largest absolute Gasteiger partial charge is 0.405 e. The molecule has 0 aromatic heterocycles. The minimum Gasteiger partial charge on any atom is -0.405 e. The van der Waals surface area contributed by atoms with E-state index in [1.807, 2.05) is 6.92 Å². The maximum absolute atomic E-state index is 10.5. The van der Waals surface area contributed by atoms with Crippen molar-refractivity contribution in [2.75, 3.05) is 13.7 Å². The van der Waals surface area contributed by atoms with Crippen LogP contribution >= 0.6 is 0 Å². The summed E-state index contributed by atoms with van der Waals surface area (Å²) in [6.07, 6.45) is 3.41. The monoisotopic (exact) mass is 536 g/mol. The van der Waals surface area contributed by atoms with E-state index in [4.69, 9.17) is 13.9 Å². The van der Waals surface area contributed by atoms with Gasteiger partial charge in [-0.3, -0.25) is 0 Å². The fourth-order valence-corrected chi connectivity index (χ4v) is 10.3. The molecular weight excluding hydrogens is 488 g/mol. The van der Waals surface area contributed by atoms with Crippen LogP contribution in [-0.2, 0) is 13.9 Å². The van der Waals surface area contributed by atoms with Gasteiger partial charge in [-0.15, -0.1) is 11.8 Å². The van der Waals surface area contributed by atoms with Gasteiger partial charge in [0.1, 0.15) is 0 Å². The number of hydrogen-bond donors (Lipinski definition) is 1. The highest BCUT2D eigenvalue weighted by Crippen LogP contribution is 2.40. The maximum Gasteiger partial charge on any atom is 0.261 e. The van der Waals surface area contributed by atoms with Crippen LogP contribution in [0.1, 0.15) is 73.6 Å². The quantitative estimate of drug-likeness (QED) is 0.286. The van der Waals surface area contributed by atoms with Gasteiger partial charge in [-0.1, -0.05) is 95.3 Å². The molecule has 0 amide bonds. The number of rotatable bonds is 11. The minimum atomic E-state index is -2.65. The Hall–Kier alpha value is -1.94. The molecule has 0 aliphatic carbocycles. The van der Waals surface area contributed by atoms with E-state index in [1.165, 1.54) is 10.4 Å². The van der Waals surface area contributed by atoms with Crippen LogP contribution in [0.5, 0.6) is 0 Å². The van der Waals surface area contributed by atoms with Crippen LogP contribution in [0.15, 0.2) is 60.7 Å². The molecule has 5 heteroatoms. The molecule has 5 atom stereocenters. The lowest BCUT2D eigenvalue weighted by Crippen LogP contribution is -2.67. The Bertz CT molecular complexity index is 1000. The molecule has 1 N–H and O–H groups in total. The van der Waals surface area contributed by atoms with E-state index in [1.54, 1.807) is 7.11 Å². The molecule has 1 saturated heterocycles. The van der Waals surface area contributed by atoms with Crippen LogP contribution in [0.3, 0.4) is 0 Å². The van der Waals surface area contributed by atoms with Crippen LogP contribution in [-0.4, -0.2) is 45.1 Å². The molecule has 38 heavy (non-hydrogen) atoms. The van der Waals surface area contributed by atoms with Crippen LogP contribution < -0.4 is 10.4 Å². The molecule has 3 rings (SSSR count). The van der Waals surface area contributed by atoms with Crippen LogP contribution in [0.25, 0.3) is 0 Å². The van der Waals surface area contributed by atoms with Gasteiger partial charge in [-0.25, -0.2) is 0 Å². The Morgan fingerprint density at radius 3 is 2.16 bits per heavy atom. The minimum absolute atomic E-state index is 0.0727. The van der Waals surface area contributed by atoms with Crippen LogP contribution in [0.2, 0.25) is 5.04 Å². The molecule has 0 unspecified atom stereocenters. The Balaban J connectivity index is 1.84. The first-order chi connectivity index (χ1) is 18.1. The maximum atomic E-state index is 10.5. The van der Waals surface area contributed by atoms with Crippen molar-refractivity contribution in [3.63, 3.8) is 0 Å². The first kappa shape index (κ1) is 30.6. The second-order valence-electron chi connectivity index (χ2n) is 12.0. The molecule has 0 radical (unpaired) electrons. The Kier molecular flexibility index (Phi) is 10.8. The highest BCUT2D eigenvalue weighted by Gasteiger charge is 2.51. The Morgan fingerprint density at radius 2 is 1.66 bits per heavy atom. The first-order valence-electron chi connectivity index (χ1n) is 14.1. The van der Waals surface area contributed by atoms with E-state index in [0.717, 1.165) is 25.7 Å². The number of hydrogen-bond acceptors (Lipinski definition) is 4. The molecule has 1 fully saturated rings. The van der Waals surface area contributed by atoms with Crippen molar-refractivity contribution >= 4 is 18.7 Å². The van der Waals surface area contributed by atoms with Crippen molar-refractivity contribution in [1.29, 1.82) is 0 Å². The van der Waals surface area contributed by atoms with Gasteiger partial charge in [0.15, 0.2) is 5.79 Å². The third kappa shape index (κ3) is 6.97. The van der Waals surface area contributed by atoms with Gasteiger partial charge in [0.2, 0.25) is 0 Å². The molecule has 0 bridgehead atoms. The molecule has 2 aromatic rings. The summed E-state index contributed by atoms with van der Waals surface area (Å²) in [5, 5.41) is 13.0. The van der Waals surface area contributed by atoms with Gasteiger partial charge in [0.25, 0.3) is 8.32 Å². The number of methoxy groups -OCH3 is 1. The summed E-state index contributed by atoms with van der Waals surface area (Å²) in [6, 6.07) is 21.5. The van der Waals surface area contributed by atoms with Crippen LogP contribution in [0, 0.1) is 23.7 Å². The summed E-state index contributed by atoms with van der Waals surface area (Å²) in [6.45, 7) is 13.6. The lowest BCUT2D eigenvalue weighted by Gasteiger charge is -2.47. The zero-order chi connectivity index (χ0) is 27.8. The molecule has 4 nitrogen and oxygen atoms in total. The predicted molar refractivity (Wildman–Crippen MR) is 159 cm³/mol. The fourth-order valence-electron chi connectivity index (χ4n) is 5.74. The smallest absolute Gasteiger partial charge is 0.261 e. The molecular formula is C33H48O4Si. The summed E-state index contributed by atoms with van der Waals surface area (Å²) in [4.78, 5) is 0. The topological polar surface area (TPSA) is 47.9 Å². The molecule has 1 aliphatic rings. The number of aliphatic hydroxyl groups is 1. The average Bonchev–Trinajstić information content (AvgIpc) is 2.92. The fraction of sp³-hybridized carbons (Fsp3) is 0.576. The summed E-state index contributed by atoms with van der Waals surface area (Å²) >= 11 is 0. The van der Waals surface area contributed by atoms with Gasteiger partial charge >= 0.3 is 0 Å². The van der Waals surface area contributed by atoms with Crippen molar-refractivity contribution < 1.29 is 19.0 Å². The SMILES string of the molecule is CC#CC[C@@H](O)[C@@H](C)CC[C@]1(OC)CC[C@H](C)[C@H](CO[Si](c2ccccc2)(c2ccccc2)C(C)(C)C)O1. The van der Waals surface area contributed by atoms with Gasteiger partial charge in [0, 0.05) is 26.4 Å². The first-order valence-corrected chi connectivity index (χ1v) is 16.0.